The lowest BCUT2D eigenvalue weighted by Gasteiger charge is -2.22. The fourth-order valence-electron chi connectivity index (χ4n) is 3.03. The second-order valence-corrected chi connectivity index (χ2v) is 6.77. The predicted molar refractivity (Wildman–Crippen MR) is 106 cm³/mol. The Kier molecular flexibility index (Phi) is 6.08. The summed E-state index contributed by atoms with van der Waals surface area (Å²) in [5, 5.41) is 5.63. The Labute approximate surface area is 159 Å². The quantitative estimate of drug-likeness (QED) is 0.751. The maximum absolute atomic E-state index is 12.7. The highest BCUT2D eigenvalue weighted by atomic mass is 16.5. The van der Waals surface area contributed by atoms with Gasteiger partial charge in [0.15, 0.2) is 0 Å². The molecule has 27 heavy (non-hydrogen) atoms. The second-order valence-electron chi connectivity index (χ2n) is 6.77. The van der Waals surface area contributed by atoms with Gasteiger partial charge in [-0.1, -0.05) is 30.3 Å². The molecular formula is C21H25N3O3. The summed E-state index contributed by atoms with van der Waals surface area (Å²) in [6, 6.07) is 15.8. The summed E-state index contributed by atoms with van der Waals surface area (Å²) in [5.74, 6) is 0.287. The monoisotopic (exact) mass is 367 g/mol. The number of hydrogen-bond donors (Lipinski definition) is 2. The zero-order valence-electron chi connectivity index (χ0n) is 15.7. The largest absolute Gasteiger partial charge is 0.495 e. The summed E-state index contributed by atoms with van der Waals surface area (Å²) >= 11 is 0. The first-order chi connectivity index (χ1) is 13.0. The number of benzene rings is 2. The number of nitrogens with zero attached hydrogens (tertiary/aromatic N) is 1. The van der Waals surface area contributed by atoms with E-state index in [0.29, 0.717) is 29.7 Å². The summed E-state index contributed by atoms with van der Waals surface area (Å²) in [7, 11) is 1.55. The van der Waals surface area contributed by atoms with Gasteiger partial charge in [-0.15, -0.1) is 0 Å². The van der Waals surface area contributed by atoms with Crippen molar-refractivity contribution in [3.05, 3.63) is 54.1 Å². The molecule has 0 spiro atoms. The van der Waals surface area contributed by atoms with Crippen molar-refractivity contribution in [2.45, 2.75) is 32.4 Å². The molecule has 0 saturated heterocycles. The van der Waals surface area contributed by atoms with Crippen LogP contribution in [-0.4, -0.2) is 36.4 Å². The molecule has 2 aromatic carbocycles. The molecular weight excluding hydrogens is 342 g/mol. The molecule has 0 atom stereocenters. The van der Waals surface area contributed by atoms with Crippen molar-refractivity contribution in [2.24, 2.45) is 0 Å². The van der Waals surface area contributed by atoms with Crippen molar-refractivity contribution < 1.29 is 14.3 Å². The van der Waals surface area contributed by atoms with Gasteiger partial charge < -0.3 is 15.4 Å². The van der Waals surface area contributed by atoms with Crippen LogP contribution in [0.25, 0.3) is 0 Å². The molecule has 6 heteroatoms. The molecule has 1 saturated carbocycles. The lowest BCUT2D eigenvalue weighted by atomic mass is 10.2. The molecule has 6 nitrogen and oxygen atoms in total. The lowest BCUT2D eigenvalue weighted by Crippen LogP contribution is -2.34. The Bertz CT molecular complexity index is 804. The first kappa shape index (κ1) is 18.9. The highest BCUT2D eigenvalue weighted by Crippen LogP contribution is 2.30. The topological polar surface area (TPSA) is 70.7 Å². The molecule has 1 fully saturated rings. The zero-order chi connectivity index (χ0) is 19.2. The van der Waals surface area contributed by atoms with Crippen LogP contribution in [0.5, 0.6) is 5.75 Å². The number of carbonyl (C=O) groups is 2. The molecule has 0 radical (unpaired) electrons. The molecule has 0 aliphatic heterocycles. The summed E-state index contributed by atoms with van der Waals surface area (Å²) in [6.07, 6.45) is 2.25. The maximum Gasteiger partial charge on any atom is 0.238 e. The van der Waals surface area contributed by atoms with E-state index in [1.165, 1.54) is 12.5 Å². The molecule has 1 aliphatic carbocycles. The SMILES string of the molecule is COc1ccc(NC(C)=O)cc1NC(=O)CN(Cc1ccccc1)C1CC1. The van der Waals surface area contributed by atoms with Crippen molar-refractivity contribution in [3.63, 3.8) is 0 Å². The standard InChI is InChI=1S/C21H25N3O3/c1-15(25)22-17-8-11-20(27-2)19(12-17)23-21(26)14-24(18-9-10-18)13-16-6-4-3-5-7-16/h3-8,11-12,18H,9-10,13-14H2,1-2H3,(H,22,25)(H,23,26). The van der Waals surface area contributed by atoms with E-state index in [2.05, 4.69) is 27.7 Å². The molecule has 2 N–H and O–H groups in total. The van der Waals surface area contributed by atoms with Gasteiger partial charge in [-0.2, -0.15) is 0 Å². The minimum Gasteiger partial charge on any atom is -0.495 e. The minimum absolute atomic E-state index is 0.101. The molecule has 0 aromatic heterocycles. The number of rotatable bonds is 8. The number of nitrogens with one attached hydrogen (secondary N) is 2. The van der Waals surface area contributed by atoms with E-state index in [1.54, 1.807) is 25.3 Å². The van der Waals surface area contributed by atoms with Crippen LogP contribution in [0.15, 0.2) is 48.5 Å². The van der Waals surface area contributed by atoms with Gasteiger partial charge in [0.05, 0.1) is 19.3 Å². The second kappa shape index (κ2) is 8.68. The van der Waals surface area contributed by atoms with E-state index in [4.69, 9.17) is 4.74 Å². The summed E-state index contributed by atoms with van der Waals surface area (Å²) < 4.78 is 5.33. The Morgan fingerprint density at radius 2 is 1.85 bits per heavy atom. The first-order valence-electron chi connectivity index (χ1n) is 9.08. The van der Waals surface area contributed by atoms with Crippen LogP contribution in [0.3, 0.4) is 0 Å². The van der Waals surface area contributed by atoms with Crippen molar-refractivity contribution in [2.75, 3.05) is 24.3 Å². The molecule has 142 valence electrons. The molecule has 2 aromatic rings. The fourth-order valence-corrected chi connectivity index (χ4v) is 3.03. The van der Waals surface area contributed by atoms with Crippen LogP contribution in [-0.2, 0) is 16.1 Å². The van der Waals surface area contributed by atoms with Gasteiger partial charge in [0.2, 0.25) is 11.8 Å². The normalized spacial score (nSPS) is 13.3. The van der Waals surface area contributed by atoms with E-state index < -0.39 is 0 Å². The molecule has 0 unspecified atom stereocenters. The van der Waals surface area contributed by atoms with Gasteiger partial charge in [-0.25, -0.2) is 0 Å². The highest BCUT2D eigenvalue weighted by molar-refractivity contribution is 5.95. The van der Waals surface area contributed by atoms with Gasteiger partial charge in [-0.05, 0) is 36.6 Å². The number of hydrogen-bond acceptors (Lipinski definition) is 4. The summed E-state index contributed by atoms with van der Waals surface area (Å²) in [5.41, 5.74) is 2.36. The van der Waals surface area contributed by atoms with Gasteiger partial charge in [0.1, 0.15) is 5.75 Å². The predicted octanol–water partition coefficient (Wildman–Crippen LogP) is 3.26. The lowest BCUT2D eigenvalue weighted by molar-refractivity contribution is -0.117. The van der Waals surface area contributed by atoms with Crippen molar-refractivity contribution in [1.82, 2.24) is 4.90 Å². The van der Waals surface area contributed by atoms with Crippen molar-refractivity contribution in [3.8, 4) is 5.75 Å². The van der Waals surface area contributed by atoms with E-state index in [9.17, 15) is 9.59 Å². The molecule has 1 aliphatic rings. The minimum atomic E-state index is -0.166. The number of carbonyl (C=O) groups excluding carboxylic acids is 2. The molecule has 0 bridgehead atoms. The Balaban J connectivity index is 1.67. The summed E-state index contributed by atoms with van der Waals surface area (Å²) in [6.45, 7) is 2.51. The third-order valence-corrected chi connectivity index (χ3v) is 4.43. The van der Waals surface area contributed by atoms with Gasteiger partial charge in [0.25, 0.3) is 0 Å². The zero-order valence-corrected chi connectivity index (χ0v) is 15.7. The number of methoxy groups -OCH3 is 1. The third kappa shape index (κ3) is 5.56. The van der Waals surface area contributed by atoms with Crippen molar-refractivity contribution >= 4 is 23.2 Å². The average Bonchev–Trinajstić information content (AvgIpc) is 3.47. The Hall–Kier alpha value is -2.86. The van der Waals surface area contributed by atoms with Gasteiger partial charge >= 0.3 is 0 Å². The van der Waals surface area contributed by atoms with Crippen LogP contribution in [0.1, 0.15) is 25.3 Å². The number of ether oxygens (including phenoxy) is 1. The smallest absolute Gasteiger partial charge is 0.238 e. The highest BCUT2D eigenvalue weighted by Gasteiger charge is 2.30. The maximum atomic E-state index is 12.7. The average molecular weight is 367 g/mol. The number of amides is 2. The van der Waals surface area contributed by atoms with E-state index in [-0.39, 0.29) is 11.8 Å². The molecule has 0 heterocycles. The number of anilines is 2. The Morgan fingerprint density at radius 3 is 2.48 bits per heavy atom. The molecule has 2 amide bonds. The van der Waals surface area contributed by atoms with Crippen LogP contribution in [0.4, 0.5) is 11.4 Å². The van der Waals surface area contributed by atoms with E-state index in [0.717, 1.165) is 19.4 Å². The van der Waals surface area contributed by atoms with E-state index >= 15 is 0 Å². The summed E-state index contributed by atoms with van der Waals surface area (Å²) in [4.78, 5) is 26.1. The van der Waals surface area contributed by atoms with E-state index in [1.807, 2.05) is 18.2 Å². The van der Waals surface area contributed by atoms with Crippen LogP contribution >= 0.6 is 0 Å². The van der Waals surface area contributed by atoms with Gasteiger partial charge in [-0.3, -0.25) is 14.5 Å². The van der Waals surface area contributed by atoms with Gasteiger partial charge in [0, 0.05) is 25.2 Å². The van der Waals surface area contributed by atoms with Crippen LogP contribution in [0.2, 0.25) is 0 Å². The van der Waals surface area contributed by atoms with Crippen LogP contribution < -0.4 is 15.4 Å². The Morgan fingerprint density at radius 1 is 1.11 bits per heavy atom. The fraction of sp³-hybridized carbons (Fsp3) is 0.333. The third-order valence-electron chi connectivity index (χ3n) is 4.43. The van der Waals surface area contributed by atoms with Crippen molar-refractivity contribution in [1.29, 1.82) is 0 Å². The molecule has 3 rings (SSSR count). The first-order valence-corrected chi connectivity index (χ1v) is 9.08. The van der Waals surface area contributed by atoms with Crippen LogP contribution in [0, 0.1) is 0 Å².